The SMILES string of the molecule is CNC1CN(CCCOC)CCC1(C)C. The minimum Gasteiger partial charge on any atom is -0.385 e. The summed E-state index contributed by atoms with van der Waals surface area (Å²) in [6, 6.07) is 0.619. The third-order valence-electron chi connectivity index (χ3n) is 3.63. The summed E-state index contributed by atoms with van der Waals surface area (Å²) in [4.78, 5) is 2.55. The van der Waals surface area contributed by atoms with Crippen molar-refractivity contribution in [2.24, 2.45) is 5.41 Å². The Bertz CT molecular complexity index is 182. The Hall–Kier alpha value is -0.120. The largest absolute Gasteiger partial charge is 0.385 e. The Kier molecular flexibility index (Phi) is 5.03. The number of rotatable bonds is 5. The first-order valence-corrected chi connectivity index (χ1v) is 5.98. The van der Waals surface area contributed by atoms with Gasteiger partial charge in [-0.1, -0.05) is 13.8 Å². The summed E-state index contributed by atoms with van der Waals surface area (Å²) in [6.07, 6.45) is 2.43. The highest BCUT2D eigenvalue weighted by Crippen LogP contribution is 2.30. The van der Waals surface area contributed by atoms with Crippen molar-refractivity contribution in [2.45, 2.75) is 32.7 Å². The van der Waals surface area contributed by atoms with Crippen molar-refractivity contribution in [1.29, 1.82) is 0 Å². The van der Waals surface area contributed by atoms with Crippen molar-refractivity contribution in [1.82, 2.24) is 10.2 Å². The Balaban J connectivity index is 2.33. The van der Waals surface area contributed by atoms with E-state index in [4.69, 9.17) is 4.74 Å². The molecule has 0 radical (unpaired) electrons. The van der Waals surface area contributed by atoms with Gasteiger partial charge in [-0.2, -0.15) is 0 Å². The number of nitrogens with zero attached hydrogens (tertiary/aromatic N) is 1. The molecule has 1 fully saturated rings. The summed E-state index contributed by atoms with van der Waals surface area (Å²) in [5, 5.41) is 3.44. The lowest BCUT2D eigenvalue weighted by molar-refractivity contribution is 0.0814. The molecule has 3 nitrogen and oxygen atoms in total. The van der Waals surface area contributed by atoms with Gasteiger partial charge in [0.15, 0.2) is 0 Å². The smallest absolute Gasteiger partial charge is 0.0474 e. The van der Waals surface area contributed by atoms with E-state index >= 15 is 0 Å². The highest BCUT2D eigenvalue weighted by atomic mass is 16.5. The molecule has 1 atom stereocenters. The molecule has 1 rings (SSSR count). The van der Waals surface area contributed by atoms with Gasteiger partial charge in [-0.15, -0.1) is 0 Å². The quantitative estimate of drug-likeness (QED) is 0.699. The van der Waals surface area contributed by atoms with Crippen molar-refractivity contribution in [3.63, 3.8) is 0 Å². The van der Waals surface area contributed by atoms with Crippen molar-refractivity contribution in [3.8, 4) is 0 Å². The Labute approximate surface area is 94.2 Å². The van der Waals surface area contributed by atoms with Gasteiger partial charge in [-0.3, -0.25) is 0 Å². The van der Waals surface area contributed by atoms with E-state index in [9.17, 15) is 0 Å². The second kappa shape index (κ2) is 5.83. The summed E-state index contributed by atoms with van der Waals surface area (Å²) in [7, 11) is 3.85. The van der Waals surface area contributed by atoms with E-state index in [0.29, 0.717) is 11.5 Å². The van der Waals surface area contributed by atoms with E-state index in [2.05, 4.69) is 31.1 Å². The minimum atomic E-state index is 0.437. The van der Waals surface area contributed by atoms with Gasteiger partial charge in [0.1, 0.15) is 0 Å². The number of likely N-dealkylation sites (tertiary alicyclic amines) is 1. The van der Waals surface area contributed by atoms with Crippen LogP contribution in [-0.4, -0.2) is 51.3 Å². The van der Waals surface area contributed by atoms with E-state index in [1.807, 2.05) is 0 Å². The number of nitrogens with one attached hydrogen (secondary N) is 1. The number of likely N-dealkylation sites (N-methyl/N-ethyl adjacent to an activating group) is 1. The second-order valence-electron chi connectivity index (χ2n) is 5.23. The third kappa shape index (κ3) is 3.74. The molecule has 1 aliphatic heterocycles. The van der Waals surface area contributed by atoms with E-state index in [1.54, 1.807) is 7.11 Å². The molecule has 1 N–H and O–H groups in total. The van der Waals surface area contributed by atoms with Gasteiger partial charge in [0.25, 0.3) is 0 Å². The molecule has 1 aliphatic rings. The van der Waals surface area contributed by atoms with E-state index in [1.165, 1.54) is 26.1 Å². The molecular weight excluding hydrogens is 188 g/mol. The van der Waals surface area contributed by atoms with E-state index in [-0.39, 0.29) is 0 Å². The first-order valence-electron chi connectivity index (χ1n) is 5.98. The van der Waals surface area contributed by atoms with Crippen LogP contribution in [0.15, 0.2) is 0 Å². The van der Waals surface area contributed by atoms with Crippen LogP contribution in [0.2, 0.25) is 0 Å². The third-order valence-corrected chi connectivity index (χ3v) is 3.63. The number of hydrogen-bond acceptors (Lipinski definition) is 3. The van der Waals surface area contributed by atoms with E-state index < -0.39 is 0 Å². The van der Waals surface area contributed by atoms with Crippen LogP contribution >= 0.6 is 0 Å². The maximum atomic E-state index is 5.08. The Morgan fingerprint density at radius 3 is 2.80 bits per heavy atom. The highest BCUT2D eigenvalue weighted by molar-refractivity contribution is 4.90. The molecule has 0 saturated carbocycles. The molecule has 0 aromatic carbocycles. The van der Waals surface area contributed by atoms with Crippen LogP contribution in [0.5, 0.6) is 0 Å². The molecule has 0 bridgehead atoms. The number of piperidine rings is 1. The first kappa shape index (κ1) is 12.9. The van der Waals surface area contributed by atoms with Crippen LogP contribution in [0.3, 0.4) is 0 Å². The molecule has 1 unspecified atom stereocenters. The predicted molar refractivity (Wildman–Crippen MR) is 64.2 cm³/mol. The molecule has 0 spiro atoms. The fourth-order valence-corrected chi connectivity index (χ4v) is 2.33. The normalized spacial score (nSPS) is 26.8. The Morgan fingerprint density at radius 2 is 2.20 bits per heavy atom. The number of ether oxygens (including phenoxy) is 1. The lowest BCUT2D eigenvalue weighted by Gasteiger charge is -2.44. The summed E-state index contributed by atoms with van der Waals surface area (Å²) in [5.74, 6) is 0. The van der Waals surface area contributed by atoms with Gasteiger partial charge in [0, 0.05) is 32.8 Å². The molecule has 90 valence electrons. The van der Waals surface area contributed by atoms with Crippen molar-refractivity contribution < 1.29 is 4.74 Å². The fourth-order valence-electron chi connectivity index (χ4n) is 2.33. The molecule has 1 saturated heterocycles. The summed E-state index contributed by atoms with van der Waals surface area (Å²) in [6.45, 7) is 9.18. The predicted octanol–water partition coefficient (Wildman–Crippen LogP) is 1.34. The van der Waals surface area contributed by atoms with Crippen molar-refractivity contribution in [3.05, 3.63) is 0 Å². The lowest BCUT2D eigenvalue weighted by atomic mass is 9.78. The van der Waals surface area contributed by atoms with Crippen LogP contribution in [0.25, 0.3) is 0 Å². The summed E-state index contributed by atoms with van der Waals surface area (Å²) < 4.78 is 5.08. The van der Waals surface area contributed by atoms with Crippen LogP contribution in [-0.2, 0) is 4.74 Å². The Morgan fingerprint density at radius 1 is 1.47 bits per heavy atom. The maximum Gasteiger partial charge on any atom is 0.0474 e. The van der Waals surface area contributed by atoms with Gasteiger partial charge < -0.3 is 15.0 Å². The molecule has 0 aromatic heterocycles. The lowest BCUT2D eigenvalue weighted by Crippen LogP contribution is -2.54. The molecule has 1 heterocycles. The summed E-state index contributed by atoms with van der Waals surface area (Å²) in [5.41, 5.74) is 0.437. The molecule has 0 aromatic rings. The minimum absolute atomic E-state index is 0.437. The molecule has 15 heavy (non-hydrogen) atoms. The molecule has 3 heteroatoms. The molecule has 0 amide bonds. The second-order valence-corrected chi connectivity index (χ2v) is 5.23. The van der Waals surface area contributed by atoms with Crippen LogP contribution in [0.1, 0.15) is 26.7 Å². The van der Waals surface area contributed by atoms with Gasteiger partial charge in [0.05, 0.1) is 0 Å². The van der Waals surface area contributed by atoms with Gasteiger partial charge >= 0.3 is 0 Å². The standard InChI is InChI=1S/C12H26N2O/c1-12(2)6-8-14(7-5-9-15-4)10-11(12)13-3/h11,13H,5-10H2,1-4H3. The van der Waals surface area contributed by atoms with Gasteiger partial charge in [0.2, 0.25) is 0 Å². The monoisotopic (exact) mass is 214 g/mol. The van der Waals surface area contributed by atoms with E-state index in [0.717, 1.165) is 13.0 Å². The number of methoxy groups -OCH3 is 1. The molecule has 0 aliphatic carbocycles. The average molecular weight is 214 g/mol. The average Bonchev–Trinajstić information content (AvgIpc) is 2.20. The zero-order valence-corrected chi connectivity index (χ0v) is 10.7. The number of hydrogen-bond donors (Lipinski definition) is 1. The zero-order chi connectivity index (χ0) is 11.3. The van der Waals surface area contributed by atoms with Crippen LogP contribution in [0.4, 0.5) is 0 Å². The highest BCUT2D eigenvalue weighted by Gasteiger charge is 2.33. The van der Waals surface area contributed by atoms with Gasteiger partial charge in [-0.25, -0.2) is 0 Å². The summed E-state index contributed by atoms with van der Waals surface area (Å²) >= 11 is 0. The maximum absolute atomic E-state index is 5.08. The fraction of sp³-hybridized carbons (Fsp3) is 1.00. The van der Waals surface area contributed by atoms with Crippen LogP contribution in [0, 0.1) is 5.41 Å². The van der Waals surface area contributed by atoms with Gasteiger partial charge in [-0.05, 0) is 31.8 Å². The topological polar surface area (TPSA) is 24.5 Å². The zero-order valence-electron chi connectivity index (χ0n) is 10.7. The first-order chi connectivity index (χ1) is 7.10. The van der Waals surface area contributed by atoms with Crippen molar-refractivity contribution >= 4 is 0 Å². The molecular formula is C12H26N2O. The van der Waals surface area contributed by atoms with Crippen LogP contribution < -0.4 is 5.32 Å². The van der Waals surface area contributed by atoms with Crippen molar-refractivity contribution in [2.75, 3.05) is 40.4 Å².